The molecule has 158 valence electrons. The number of benzene rings is 1. The number of hydroxylamine groups is 1. The van der Waals surface area contributed by atoms with Gasteiger partial charge in [0.1, 0.15) is 12.0 Å². The first-order valence-electron chi connectivity index (χ1n) is 9.51. The summed E-state index contributed by atoms with van der Waals surface area (Å²) in [5.41, 5.74) is 2.42. The highest BCUT2D eigenvalue weighted by atomic mass is 35.5. The number of hydrogen-bond acceptors (Lipinski definition) is 6. The van der Waals surface area contributed by atoms with Crippen molar-refractivity contribution in [2.45, 2.75) is 49.6 Å². The van der Waals surface area contributed by atoms with Gasteiger partial charge < -0.3 is 20.1 Å². The lowest BCUT2D eigenvalue weighted by molar-refractivity contribution is -0.136. The molecule has 5 rings (SSSR count). The standard InChI is InChI=1S/C19H23Cl2N3O5/c1-27-17-5-15(29-24-17)18(26)23-19-6-10(7-19)14(8-19)22-16(25)9-28-11-2-3-12(20)13(21)4-11/h2-4,10,14-15,17,24H,5-9H2,1H3,(H,22,25)(H,23,26)/t10?,14-,15?,17?,19?/m0/s1. The van der Waals surface area contributed by atoms with Crippen LogP contribution in [0.4, 0.5) is 0 Å². The molecule has 1 aromatic rings. The molecule has 10 heteroatoms. The highest BCUT2D eigenvalue weighted by molar-refractivity contribution is 6.42. The molecule has 0 radical (unpaired) electrons. The summed E-state index contributed by atoms with van der Waals surface area (Å²) in [6.07, 6.45) is 2.03. The van der Waals surface area contributed by atoms with Gasteiger partial charge in [-0.2, -0.15) is 5.48 Å². The summed E-state index contributed by atoms with van der Waals surface area (Å²) in [5.74, 6) is 0.485. The summed E-state index contributed by atoms with van der Waals surface area (Å²) in [4.78, 5) is 30.0. The number of methoxy groups -OCH3 is 1. The third-order valence-corrected chi connectivity index (χ3v) is 6.57. The van der Waals surface area contributed by atoms with Gasteiger partial charge in [-0.25, -0.2) is 0 Å². The summed E-state index contributed by atoms with van der Waals surface area (Å²) in [6, 6.07) is 4.87. The van der Waals surface area contributed by atoms with Crippen LogP contribution in [0.1, 0.15) is 25.7 Å². The second-order valence-electron chi connectivity index (χ2n) is 7.87. The molecule has 8 nitrogen and oxygen atoms in total. The lowest BCUT2D eigenvalue weighted by atomic mass is 9.76. The summed E-state index contributed by atoms with van der Waals surface area (Å²) in [5, 5.41) is 6.92. The Bertz CT molecular complexity index is 802. The van der Waals surface area contributed by atoms with Crippen LogP contribution in [0.5, 0.6) is 5.75 Å². The minimum absolute atomic E-state index is 0.0227. The van der Waals surface area contributed by atoms with E-state index < -0.39 is 6.10 Å². The number of halogens is 2. The second-order valence-corrected chi connectivity index (χ2v) is 8.68. The zero-order valence-electron chi connectivity index (χ0n) is 15.9. The van der Waals surface area contributed by atoms with Crippen molar-refractivity contribution < 1.29 is 23.9 Å². The minimum atomic E-state index is -0.568. The van der Waals surface area contributed by atoms with Gasteiger partial charge in [0.05, 0.1) is 10.0 Å². The lowest BCUT2D eigenvalue weighted by Gasteiger charge is -2.39. The molecule has 2 unspecified atom stereocenters. The molecule has 1 saturated heterocycles. The Kier molecular flexibility index (Phi) is 5.90. The fourth-order valence-corrected chi connectivity index (χ4v) is 4.65. The fourth-order valence-electron chi connectivity index (χ4n) is 4.36. The molecular formula is C19H23Cl2N3O5. The van der Waals surface area contributed by atoms with E-state index in [1.165, 1.54) is 0 Å². The molecule has 29 heavy (non-hydrogen) atoms. The third kappa shape index (κ3) is 4.46. The first-order valence-corrected chi connectivity index (χ1v) is 10.3. The van der Waals surface area contributed by atoms with Crippen LogP contribution in [0.3, 0.4) is 0 Å². The van der Waals surface area contributed by atoms with Crippen LogP contribution in [0, 0.1) is 5.92 Å². The zero-order valence-corrected chi connectivity index (χ0v) is 17.4. The van der Waals surface area contributed by atoms with Gasteiger partial charge in [-0.1, -0.05) is 23.2 Å². The largest absolute Gasteiger partial charge is 0.484 e. The van der Waals surface area contributed by atoms with E-state index in [0.717, 1.165) is 12.8 Å². The Morgan fingerprint density at radius 2 is 2.07 bits per heavy atom. The molecule has 2 bridgehead atoms. The molecular weight excluding hydrogens is 421 g/mol. The highest BCUT2D eigenvalue weighted by Crippen LogP contribution is 2.52. The first-order chi connectivity index (χ1) is 13.9. The van der Waals surface area contributed by atoms with E-state index >= 15 is 0 Å². The maximum Gasteiger partial charge on any atom is 0.258 e. The van der Waals surface area contributed by atoms with Crippen molar-refractivity contribution in [1.29, 1.82) is 0 Å². The number of rotatable bonds is 7. The van der Waals surface area contributed by atoms with Gasteiger partial charge in [0.2, 0.25) is 0 Å². The van der Waals surface area contributed by atoms with E-state index in [0.29, 0.717) is 34.6 Å². The van der Waals surface area contributed by atoms with Crippen LogP contribution in [0.25, 0.3) is 0 Å². The van der Waals surface area contributed by atoms with Crippen molar-refractivity contribution in [3.05, 3.63) is 28.2 Å². The van der Waals surface area contributed by atoms with Crippen LogP contribution >= 0.6 is 23.2 Å². The predicted octanol–water partition coefficient (Wildman–Crippen LogP) is 1.79. The average Bonchev–Trinajstić information content (AvgIpc) is 3.35. The molecule has 3 aliphatic carbocycles. The van der Waals surface area contributed by atoms with Crippen molar-refractivity contribution in [2.24, 2.45) is 5.92 Å². The van der Waals surface area contributed by atoms with Crippen molar-refractivity contribution in [3.63, 3.8) is 0 Å². The number of amides is 2. The quantitative estimate of drug-likeness (QED) is 0.594. The van der Waals surface area contributed by atoms with Gasteiger partial charge in [0.25, 0.3) is 11.8 Å². The van der Waals surface area contributed by atoms with Crippen LogP contribution in [-0.2, 0) is 19.2 Å². The molecule has 3 N–H and O–H groups in total. The fraction of sp³-hybridized carbons (Fsp3) is 0.579. The van der Waals surface area contributed by atoms with Gasteiger partial charge >= 0.3 is 0 Å². The van der Waals surface area contributed by atoms with Crippen molar-refractivity contribution in [1.82, 2.24) is 16.1 Å². The molecule has 2 amide bonds. The van der Waals surface area contributed by atoms with Crippen molar-refractivity contribution in [2.75, 3.05) is 13.7 Å². The van der Waals surface area contributed by atoms with Gasteiger partial charge in [-0.3, -0.25) is 14.4 Å². The Morgan fingerprint density at radius 1 is 1.28 bits per heavy atom. The number of carbonyl (C=O) groups excluding carboxylic acids is 2. The van der Waals surface area contributed by atoms with Crippen molar-refractivity contribution in [3.8, 4) is 5.75 Å². The summed E-state index contributed by atoms with van der Waals surface area (Å²) in [7, 11) is 1.56. The van der Waals surface area contributed by atoms with Gasteiger partial charge in [0, 0.05) is 31.2 Å². The maximum absolute atomic E-state index is 12.5. The predicted molar refractivity (Wildman–Crippen MR) is 106 cm³/mol. The minimum Gasteiger partial charge on any atom is -0.484 e. The Balaban J connectivity index is 1.23. The van der Waals surface area contributed by atoms with E-state index in [2.05, 4.69) is 16.1 Å². The van der Waals surface area contributed by atoms with E-state index in [4.69, 9.17) is 37.5 Å². The number of carbonyl (C=O) groups is 2. The molecule has 0 spiro atoms. The Labute approximate surface area is 178 Å². The molecule has 1 aliphatic heterocycles. The summed E-state index contributed by atoms with van der Waals surface area (Å²) < 4.78 is 10.6. The summed E-state index contributed by atoms with van der Waals surface area (Å²) >= 11 is 11.8. The molecule has 3 atom stereocenters. The number of ether oxygens (including phenoxy) is 2. The van der Waals surface area contributed by atoms with E-state index in [9.17, 15) is 9.59 Å². The monoisotopic (exact) mass is 443 g/mol. The molecule has 4 aliphatic rings. The highest BCUT2D eigenvalue weighted by Gasteiger charge is 2.57. The SMILES string of the molecule is COC1CC(C(=O)NC23CC(C2)[C@@H](NC(=O)COc2ccc(Cl)c(Cl)c2)C3)ON1. The van der Waals surface area contributed by atoms with Crippen LogP contribution in [0.2, 0.25) is 10.0 Å². The van der Waals surface area contributed by atoms with E-state index in [-0.39, 0.29) is 36.2 Å². The van der Waals surface area contributed by atoms with E-state index in [1.807, 2.05) is 0 Å². The molecule has 0 aromatic heterocycles. The summed E-state index contributed by atoms with van der Waals surface area (Å²) in [6.45, 7) is -0.111. The van der Waals surface area contributed by atoms with Crippen LogP contribution < -0.4 is 20.9 Å². The van der Waals surface area contributed by atoms with Gasteiger partial charge in [-0.15, -0.1) is 0 Å². The second kappa shape index (κ2) is 8.28. The lowest BCUT2D eigenvalue weighted by Crippen LogP contribution is -2.54. The number of fused-ring (bicyclic) bond motifs is 1. The number of hydrogen-bond donors (Lipinski definition) is 3. The Morgan fingerprint density at radius 3 is 2.76 bits per heavy atom. The molecule has 1 aromatic carbocycles. The van der Waals surface area contributed by atoms with Crippen LogP contribution in [0.15, 0.2) is 18.2 Å². The van der Waals surface area contributed by atoms with E-state index in [1.54, 1.807) is 25.3 Å². The first kappa shape index (κ1) is 20.7. The topological polar surface area (TPSA) is 97.9 Å². The van der Waals surface area contributed by atoms with Crippen molar-refractivity contribution >= 4 is 35.0 Å². The molecule has 1 heterocycles. The maximum atomic E-state index is 12.5. The molecule has 3 saturated carbocycles. The van der Waals surface area contributed by atoms with Gasteiger partial charge in [-0.05, 0) is 37.3 Å². The molecule has 4 fully saturated rings. The third-order valence-electron chi connectivity index (χ3n) is 5.83. The van der Waals surface area contributed by atoms with Crippen LogP contribution in [-0.4, -0.2) is 49.4 Å². The Hall–Kier alpha value is -1.58. The van der Waals surface area contributed by atoms with Gasteiger partial charge in [0.15, 0.2) is 12.7 Å². The zero-order chi connectivity index (χ0) is 20.6. The normalized spacial score (nSPS) is 32.5. The average molecular weight is 444 g/mol. The smallest absolute Gasteiger partial charge is 0.258 e. The number of nitrogens with one attached hydrogen (secondary N) is 3.